The SMILES string of the molecule is CC[C@H](C)[C@H](NC(=O)COCCNC(=O)[C@@H](CCC(=O)O)NC(=O)[C@@H](CCC(=O)O)NC(=O)CN1CCC(CN2CCN3CCN(CC2)CC(=O)[O][Al]([F])[O]C(=O)C3)CC1)C(=O)N[C@H]1CCc2cccc3c2N(C1=O)[C@H](C(=O)N[C@H]1CC(=O)O[C@@H]1O)C3. The summed E-state index contributed by atoms with van der Waals surface area (Å²) in [5, 5.41) is 44.7. The monoisotopic (exact) mass is 1240 g/mol. The van der Waals surface area contributed by atoms with Crippen LogP contribution in [0.4, 0.5) is 9.21 Å². The zero-order chi connectivity index (χ0) is 62.9. The van der Waals surface area contributed by atoms with Crippen LogP contribution in [-0.4, -0.2) is 262 Å². The minimum Gasteiger partial charge on any atom is -0.558 e. The molecule has 30 nitrogen and oxygen atoms in total. The Morgan fingerprint density at radius 1 is 0.736 bits per heavy atom. The lowest BCUT2D eigenvalue weighted by atomic mass is 9.96. The number of carboxylic acid groups (broad SMARTS) is 2. The van der Waals surface area contributed by atoms with Crippen molar-refractivity contribution >= 4 is 92.2 Å². The number of esters is 1. The van der Waals surface area contributed by atoms with E-state index in [1.807, 2.05) is 26.8 Å². The molecule has 1 aromatic rings. The highest BCUT2D eigenvalue weighted by Crippen LogP contribution is 2.39. The van der Waals surface area contributed by atoms with Gasteiger partial charge in [-0.2, -0.15) is 0 Å². The number of fused-ring (bicyclic) bond motifs is 3. The van der Waals surface area contributed by atoms with Crippen molar-refractivity contribution in [3.63, 3.8) is 0 Å². The van der Waals surface area contributed by atoms with Crippen molar-refractivity contribution in [3.05, 3.63) is 29.3 Å². The van der Waals surface area contributed by atoms with Gasteiger partial charge in [-0.1, -0.05) is 38.5 Å². The third kappa shape index (κ3) is 20.1. The molecule has 32 heteroatoms. The number of amides is 7. The summed E-state index contributed by atoms with van der Waals surface area (Å²) in [6.07, 6.45) is -1.11. The highest BCUT2D eigenvalue weighted by atomic mass is 27.3. The topological polar surface area (TPSA) is 391 Å². The van der Waals surface area contributed by atoms with Gasteiger partial charge in [-0.25, -0.2) is 0 Å². The maximum Gasteiger partial charge on any atom is 1.15 e. The molecule has 6 aliphatic heterocycles. The summed E-state index contributed by atoms with van der Waals surface area (Å²) >= 11 is -3.93. The summed E-state index contributed by atoms with van der Waals surface area (Å²) in [6, 6.07) is -1.79. The van der Waals surface area contributed by atoms with Gasteiger partial charge < -0.3 is 72.7 Å². The van der Waals surface area contributed by atoms with Crippen molar-refractivity contribution < 1.29 is 93.4 Å². The number of nitrogens with zero attached hydrogens (tertiary/aromatic N) is 5. The second-order valence-electron chi connectivity index (χ2n) is 22.8. The lowest BCUT2D eigenvalue weighted by Gasteiger charge is -2.35. The Kier molecular flexibility index (Phi) is 25.1. The van der Waals surface area contributed by atoms with E-state index < -0.39 is 154 Å². The maximum atomic E-state index is 14.3. The number of carbonyl (C=O) groups is 12. The summed E-state index contributed by atoms with van der Waals surface area (Å²) in [6.45, 7) is 6.99. The number of carbonyl (C=O) groups excluding carboxylic acids is 10. The molecule has 2 bridgehead atoms. The second-order valence-corrected chi connectivity index (χ2v) is 23.8. The van der Waals surface area contributed by atoms with Crippen LogP contribution in [0.25, 0.3) is 0 Å². The molecule has 0 saturated carbocycles. The lowest BCUT2D eigenvalue weighted by Crippen LogP contribution is -2.59. The Morgan fingerprint density at radius 2 is 1.36 bits per heavy atom. The van der Waals surface area contributed by atoms with Crippen LogP contribution in [-0.2, 0) is 87.4 Å². The Morgan fingerprint density at radius 3 is 1.97 bits per heavy atom. The van der Waals surface area contributed by atoms with Crippen molar-refractivity contribution in [2.24, 2.45) is 11.8 Å². The van der Waals surface area contributed by atoms with E-state index in [1.165, 1.54) is 4.90 Å². The maximum absolute atomic E-state index is 14.3. The van der Waals surface area contributed by atoms with E-state index in [4.69, 9.17) is 17.1 Å². The summed E-state index contributed by atoms with van der Waals surface area (Å²) in [5.74, 6) is -9.93. The largest absolute Gasteiger partial charge is 1.15 e. The number of aliphatic hydroxyl groups is 1. The minimum atomic E-state index is -3.93. The number of para-hydroxylation sites is 1. The molecule has 6 aliphatic rings. The number of hydrogen-bond acceptors (Lipinski definition) is 21. The van der Waals surface area contributed by atoms with E-state index in [-0.39, 0.29) is 70.8 Å². The molecular weight excluding hydrogens is 1160 g/mol. The van der Waals surface area contributed by atoms with Crippen molar-refractivity contribution in [1.29, 1.82) is 0 Å². The van der Waals surface area contributed by atoms with Gasteiger partial charge in [0, 0.05) is 71.6 Å². The highest BCUT2D eigenvalue weighted by molar-refractivity contribution is 6.41. The average molecular weight is 1240 g/mol. The van der Waals surface area contributed by atoms with Crippen molar-refractivity contribution in [2.75, 3.05) is 103 Å². The van der Waals surface area contributed by atoms with Gasteiger partial charge in [0.05, 0.1) is 38.3 Å². The molecule has 2 unspecified atom stereocenters. The molecule has 7 rings (SSSR count). The van der Waals surface area contributed by atoms with E-state index in [0.29, 0.717) is 90.3 Å². The number of nitrogens with one attached hydrogen (secondary N) is 6. The number of hydrogen-bond donors (Lipinski definition) is 9. The van der Waals surface area contributed by atoms with E-state index in [0.717, 1.165) is 11.1 Å². The van der Waals surface area contributed by atoms with Gasteiger partial charge in [0.2, 0.25) is 47.6 Å². The van der Waals surface area contributed by atoms with Crippen LogP contribution >= 0.6 is 0 Å². The molecule has 9 N–H and O–H groups in total. The summed E-state index contributed by atoms with van der Waals surface area (Å²) in [7, 11) is 0. The van der Waals surface area contributed by atoms with Gasteiger partial charge in [0.1, 0.15) is 42.9 Å². The van der Waals surface area contributed by atoms with Crippen LogP contribution in [0.1, 0.15) is 82.8 Å². The number of aliphatic carboxylic acids is 2. The van der Waals surface area contributed by atoms with Gasteiger partial charge in [-0.15, -0.1) is 0 Å². The van der Waals surface area contributed by atoms with E-state index in [1.54, 1.807) is 19.9 Å². The smallest absolute Gasteiger partial charge is 0.558 e. The van der Waals surface area contributed by atoms with Crippen LogP contribution in [0.15, 0.2) is 18.2 Å². The Labute approximate surface area is 506 Å². The molecule has 0 aromatic heterocycles. The van der Waals surface area contributed by atoms with E-state index >= 15 is 0 Å². The number of cyclic esters (lactones) is 1. The van der Waals surface area contributed by atoms with Crippen LogP contribution in [0.5, 0.6) is 0 Å². The number of piperidine rings is 1. The third-order valence-corrected chi connectivity index (χ3v) is 17.3. The fraction of sp³-hybridized carbons (Fsp3) is 0.673. The fourth-order valence-electron chi connectivity index (χ4n) is 11.5. The molecule has 1 aromatic carbocycles. The first-order chi connectivity index (χ1) is 41.5. The quantitative estimate of drug-likeness (QED) is 0.0244. The van der Waals surface area contributed by atoms with Crippen LogP contribution in [0, 0.1) is 11.8 Å². The molecule has 0 radical (unpaired) electrons. The summed E-state index contributed by atoms with van der Waals surface area (Å²) < 4.78 is 33.9. The van der Waals surface area contributed by atoms with Gasteiger partial charge >= 0.3 is 33.2 Å². The molecule has 7 amide bonds. The number of aryl methyl sites for hydroxylation is 1. The van der Waals surface area contributed by atoms with Crippen LogP contribution in [0.2, 0.25) is 0 Å². The second kappa shape index (κ2) is 32.4. The number of benzene rings is 1. The lowest BCUT2D eigenvalue weighted by molar-refractivity contribution is -0.155. The molecule has 4 saturated heterocycles. The van der Waals surface area contributed by atoms with Gasteiger partial charge in [-0.3, -0.25) is 77.1 Å². The van der Waals surface area contributed by atoms with Gasteiger partial charge in [0.15, 0.2) is 0 Å². The Balaban J connectivity index is 0.858. The van der Waals surface area contributed by atoms with Crippen molar-refractivity contribution in [1.82, 2.24) is 51.5 Å². The van der Waals surface area contributed by atoms with Gasteiger partial charge in [-0.05, 0) is 74.6 Å². The molecule has 0 aliphatic carbocycles. The Hall–Kier alpha value is -6.92. The number of halogens is 1. The van der Waals surface area contributed by atoms with Gasteiger partial charge in [0.25, 0.3) is 11.9 Å². The third-order valence-electron chi connectivity index (χ3n) is 16.4. The highest BCUT2D eigenvalue weighted by Gasteiger charge is 2.47. The molecule has 0 spiro atoms. The molecule has 6 heterocycles. The molecular formula is C55H79AlFN11O19. The number of ether oxygens (including phenoxy) is 2. The van der Waals surface area contributed by atoms with Crippen molar-refractivity contribution in [2.45, 2.75) is 127 Å². The van der Waals surface area contributed by atoms with Crippen molar-refractivity contribution in [3.8, 4) is 0 Å². The summed E-state index contributed by atoms with van der Waals surface area (Å²) in [5.41, 5.74) is 2.06. The molecule has 87 heavy (non-hydrogen) atoms. The number of anilines is 1. The Bertz CT molecular complexity index is 2670. The standard InChI is InChI=1S/C55H81N11O19.Al.FH/c1-3-32(2)48(53(81)59-38-8-7-34-5-4-6-35-25-40(66(49(34)35)54(38)82)52(80)60-39-26-47(77)85-55(39)83)61-42(68)31-84-24-15-56-50(78)36(9-11-43(69)70)58-51(79)37(10-12-44(71)72)57-41(67)28-62-16-13-33(14-17-62)27-63-18-20-64(29-45(73)74)22-23-65(21-19-63)30-46(75)76;;/h4-6,32-33,36-40,48,55,83H,3,7-31H2,1-2H3,(H,56,78)(H,57,67)(H,58,79)(H,59,81)(H,60,80)(H,61,68)(H,69,70)(H,71,72)(H,73,74)(H,75,76);;1H/q;+3;/p-3/t32-,36+,37+,38-,39-,40-,48-,55-;;/m0../s1. The zero-order valence-electron chi connectivity index (χ0n) is 48.9. The van der Waals surface area contributed by atoms with Crippen LogP contribution < -0.4 is 36.8 Å². The number of carboxylic acids is 2. The predicted octanol–water partition coefficient (Wildman–Crippen LogP) is -3.83. The number of likely N-dealkylation sites (tertiary alicyclic amines) is 1. The molecule has 10 atom stereocenters. The summed E-state index contributed by atoms with van der Waals surface area (Å²) in [4.78, 5) is 165. The predicted molar refractivity (Wildman–Crippen MR) is 301 cm³/mol. The minimum absolute atomic E-state index is 0.129. The fourth-order valence-corrected chi connectivity index (χ4v) is 12.1. The molecule has 4 fully saturated rings. The first kappa shape index (κ1) is 67.6. The number of rotatable bonds is 26. The first-order valence-corrected chi connectivity index (χ1v) is 30.9. The normalized spacial score (nSPS) is 24.3. The first-order valence-electron chi connectivity index (χ1n) is 29.6. The average Bonchev–Trinajstić information content (AvgIpc) is 1.79. The zero-order valence-corrected chi connectivity index (χ0v) is 50.0. The van der Waals surface area contributed by atoms with E-state index in [9.17, 15) is 76.4 Å². The number of aliphatic hydroxyl groups excluding tert-OH is 1. The van der Waals surface area contributed by atoms with E-state index in [2.05, 4.69) is 36.8 Å². The van der Waals surface area contributed by atoms with Crippen LogP contribution in [0.3, 0.4) is 0 Å². The molecule has 478 valence electrons.